The summed E-state index contributed by atoms with van der Waals surface area (Å²) in [6, 6.07) is 11.6. The van der Waals surface area contributed by atoms with E-state index in [1.165, 1.54) is 44.2 Å². The summed E-state index contributed by atoms with van der Waals surface area (Å²) in [4.78, 5) is 0. The normalized spacial score (nSPS) is 18.8. The average Bonchev–Trinajstić information content (AvgIpc) is 2.83. The molecule has 88 valence electrons. The molecule has 1 heteroatoms. The predicted molar refractivity (Wildman–Crippen MR) is 69.7 cm³/mol. The summed E-state index contributed by atoms with van der Waals surface area (Å²) in [6.45, 7) is 3.49. The maximum absolute atomic E-state index is 3.68. The molecule has 1 N–H and O–H groups in total. The predicted octanol–water partition coefficient (Wildman–Crippen LogP) is 3.71. The molecule has 0 heterocycles. The van der Waals surface area contributed by atoms with Gasteiger partial charge in [0.1, 0.15) is 0 Å². The molecule has 1 nitrogen and oxygen atoms in total. The van der Waals surface area contributed by atoms with Crippen LogP contribution in [0, 0.1) is 0 Å². The number of benzene rings is 1. The molecule has 1 aromatic rings. The molecule has 1 aliphatic rings. The Balaban J connectivity index is 1.69. The molecule has 16 heavy (non-hydrogen) atoms. The van der Waals surface area contributed by atoms with Crippen LogP contribution >= 0.6 is 0 Å². The van der Waals surface area contributed by atoms with Crippen LogP contribution in [0.4, 0.5) is 0 Å². The first-order valence-corrected chi connectivity index (χ1v) is 6.64. The average molecular weight is 217 g/mol. The van der Waals surface area contributed by atoms with Gasteiger partial charge in [-0.05, 0) is 37.3 Å². The Morgan fingerprint density at radius 3 is 2.56 bits per heavy atom. The fourth-order valence-corrected chi connectivity index (χ4v) is 2.58. The lowest BCUT2D eigenvalue weighted by Crippen LogP contribution is -2.27. The van der Waals surface area contributed by atoms with Crippen LogP contribution in [-0.2, 0) is 0 Å². The highest BCUT2D eigenvalue weighted by Crippen LogP contribution is 2.20. The van der Waals surface area contributed by atoms with Gasteiger partial charge in [-0.25, -0.2) is 0 Å². The summed E-state index contributed by atoms with van der Waals surface area (Å²) in [5.41, 5.74) is 1.47. The summed E-state index contributed by atoms with van der Waals surface area (Å²) in [7, 11) is 0. The van der Waals surface area contributed by atoms with Crippen molar-refractivity contribution in [3.05, 3.63) is 35.9 Å². The molecular formula is C15H23N. The Kier molecular flexibility index (Phi) is 4.41. The van der Waals surface area contributed by atoms with Crippen molar-refractivity contribution >= 4 is 0 Å². The minimum Gasteiger partial charge on any atom is -0.314 e. The van der Waals surface area contributed by atoms with Crippen LogP contribution in [0.1, 0.15) is 50.5 Å². The second-order valence-electron chi connectivity index (χ2n) is 5.04. The molecule has 1 atom stereocenters. The quantitative estimate of drug-likeness (QED) is 0.792. The topological polar surface area (TPSA) is 12.0 Å². The van der Waals surface area contributed by atoms with Crippen molar-refractivity contribution in [2.75, 3.05) is 6.54 Å². The smallest absolute Gasteiger partial charge is 0.00670 e. The summed E-state index contributed by atoms with van der Waals surface area (Å²) in [5, 5.41) is 3.68. The third-order valence-electron chi connectivity index (χ3n) is 3.73. The fourth-order valence-electron chi connectivity index (χ4n) is 2.58. The molecule has 2 rings (SSSR count). The Bertz CT molecular complexity index is 288. The van der Waals surface area contributed by atoms with Gasteiger partial charge < -0.3 is 5.32 Å². The highest BCUT2D eigenvalue weighted by molar-refractivity contribution is 5.18. The van der Waals surface area contributed by atoms with E-state index in [9.17, 15) is 0 Å². The van der Waals surface area contributed by atoms with E-state index in [1.807, 2.05) is 0 Å². The van der Waals surface area contributed by atoms with Crippen molar-refractivity contribution in [3.63, 3.8) is 0 Å². The van der Waals surface area contributed by atoms with Crippen LogP contribution in [0.2, 0.25) is 0 Å². The largest absolute Gasteiger partial charge is 0.314 e. The Hall–Kier alpha value is -0.820. The van der Waals surface area contributed by atoms with Crippen molar-refractivity contribution in [2.45, 2.75) is 51.0 Å². The lowest BCUT2D eigenvalue weighted by Gasteiger charge is -2.15. The number of hydrogen-bond donors (Lipinski definition) is 1. The van der Waals surface area contributed by atoms with E-state index in [-0.39, 0.29) is 0 Å². The van der Waals surface area contributed by atoms with Gasteiger partial charge in [0, 0.05) is 6.04 Å². The maximum Gasteiger partial charge on any atom is 0.00670 e. The number of rotatable bonds is 5. The van der Waals surface area contributed by atoms with Crippen LogP contribution in [0.25, 0.3) is 0 Å². The Morgan fingerprint density at radius 1 is 1.19 bits per heavy atom. The van der Waals surface area contributed by atoms with Gasteiger partial charge in [0.05, 0.1) is 0 Å². The molecule has 1 saturated carbocycles. The standard InChI is InChI=1S/C15H23N/c1-13(14-7-3-2-4-8-14)11-12-16-15-9-5-6-10-15/h2-4,7-8,13,15-16H,5-6,9-12H2,1H3. The fraction of sp³-hybridized carbons (Fsp3) is 0.600. The minimum atomic E-state index is 0.676. The van der Waals surface area contributed by atoms with E-state index in [0.717, 1.165) is 6.04 Å². The van der Waals surface area contributed by atoms with Crippen LogP contribution in [-0.4, -0.2) is 12.6 Å². The van der Waals surface area contributed by atoms with Gasteiger partial charge in [-0.15, -0.1) is 0 Å². The Labute approximate surface area is 99.3 Å². The maximum atomic E-state index is 3.68. The molecule has 0 radical (unpaired) electrons. The summed E-state index contributed by atoms with van der Waals surface area (Å²) < 4.78 is 0. The molecule has 1 aliphatic carbocycles. The van der Waals surface area contributed by atoms with E-state index in [1.54, 1.807) is 0 Å². The number of nitrogens with one attached hydrogen (secondary N) is 1. The van der Waals surface area contributed by atoms with E-state index >= 15 is 0 Å². The molecule has 0 aliphatic heterocycles. The SMILES string of the molecule is CC(CCNC1CCCC1)c1ccccc1. The molecule has 0 bridgehead atoms. The van der Waals surface area contributed by atoms with E-state index in [0.29, 0.717) is 5.92 Å². The molecule has 0 spiro atoms. The highest BCUT2D eigenvalue weighted by atomic mass is 14.9. The lowest BCUT2D eigenvalue weighted by molar-refractivity contribution is 0.497. The van der Waals surface area contributed by atoms with Crippen LogP contribution < -0.4 is 5.32 Å². The molecule has 1 aromatic carbocycles. The number of hydrogen-bond acceptors (Lipinski definition) is 1. The zero-order valence-electron chi connectivity index (χ0n) is 10.3. The van der Waals surface area contributed by atoms with Crippen LogP contribution in [0.5, 0.6) is 0 Å². The van der Waals surface area contributed by atoms with Crippen molar-refractivity contribution in [1.29, 1.82) is 0 Å². The van der Waals surface area contributed by atoms with Gasteiger partial charge in [0.2, 0.25) is 0 Å². The molecular weight excluding hydrogens is 194 g/mol. The van der Waals surface area contributed by atoms with Gasteiger partial charge in [-0.1, -0.05) is 50.1 Å². The first-order valence-electron chi connectivity index (χ1n) is 6.64. The zero-order valence-corrected chi connectivity index (χ0v) is 10.3. The lowest BCUT2D eigenvalue weighted by atomic mass is 9.98. The third-order valence-corrected chi connectivity index (χ3v) is 3.73. The first-order chi connectivity index (χ1) is 7.86. The van der Waals surface area contributed by atoms with Crippen molar-refractivity contribution < 1.29 is 0 Å². The Morgan fingerprint density at radius 2 is 1.88 bits per heavy atom. The van der Waals surface area contributed by atoms with Gasteiger partial charge in [0.25, 0.3) is 0 Å². The van der Waals surface area contributed by atoms with Crippen LogP contribution in [0.3, 0.4) is 0 Å². The summed E-state index contributed by atoms with van der Waals surface area (Å²) in [6.07, 6.45) is 6.87. The summed E-state index contributed by atoms with van der Waals surface area (Å²) in [5.74, 6) is 0.676. The molecule has 1 unspecified atom stereocenters. The van der Waals surface area contributed by atoms with Crippen molar-refractivity contribution in [1.82, 2.24) is 5.32 Å². The highest BCUT2D eigenvalue weighted by Gasteiger charge is 2.14. The monoisotopic (exact) mass is 217 g/mol. The summed E-state index contributed by atoms with van der Waals surface area (Å²) >= 11 is 0. The van der Waals surface area contributed by atoms with Crippen LogP contribution in [0.15, 0.2) is 30.3 Å². The first kappa shape index (κ1) is 11.7. The second kappa shape index (κ2) is 6.05. The van der Waals surface area contributed by atoms with Gasteiger partial charge in [0.15, 0.2) is 0 Å². The minimum absolute atomic E-state index is 0.676. The molecule has 0 saturated heterocycles. The van der Waals surface area contributed by atoms with Gasteiger partial charge in [-0.3, -0.25) is 0 Å². The molecule has 1 fully saturated rings. The third kappa shape index (κ3) is 3.34. The second-order valence-corrected chi connectivity index (χ2v) is 5.04. The van der Waals surface area contributed by atoms with Crippen molar-refractivity contribution in [3.8, 4) is 0 Å². The zero-order chi connectivity index (χ0) is 11.2. The molecule has 0 aromatic heterocycles. The van der Waals surface area contributed by atoms with E-state index in [2.05, 4.69) is 42.6 Å². The molecule has 0 amide bonds. The van der Waals surface area contributed by atoms with E-state index < -0.39 is 0 Å². The van der Waals surface area contributed by atoms with Gasteiger partial charge >= 0.3 is 0 Å². The van der Waals surface area contributed by atoms with Gasteiger partial charge in [-0.2, -0.15) is 0 Å². The van der Waals surface area contributed by atoms with E-state index in [4.69, 9.17) is 0 Å². The van der Waals surface area contributed by atoms with Crippen molar-refractivity contribution in [2.24, 2.45) is 0 Å².